The molecule has 1 saturated carbocycles. The molecule has 0 radical (unpaired) electrons. The predicted octanol–water partition coefficient (Wildman–Crippen LogP) is 2.69. The van der Waals surface area contributed by atoms with Crippen LogP contribution in [0.1, 0.15) is 52.9 Å². The third-order valence-electron chi connectivity index (χ3n) is 6.53. The molecule has 138 valence electrons. The molecule has 0 N–H and O–H groups in total. The van der Waals surface area contributed by atoms with Gasteiger partial charge in [0.05, 0.1) is 0 Å². The Balaban J connectivity index is 1.65. The van der Waals surface area contributed by atoms with Crippen molar-refractivity contribution in [3.63, 3.8) is 0 Å². The van der Waals surface area contributed by atoms with Gasteiger partial charge in [-0.3, -0.25) is 4.79 Å². The summed E-state index contributed by atoms with van der Waals surface area (Å²) < 4.78 is 0. The van der Waals surface area contributed by atoms with E-state index in [-0.39, 0.29) is 0 Å². The van der Waals surface area contributed by atoms with Gasteiger partial charge < -0.3 is 14.7 Å². The Morgan fingerprint density at radius 3 is 2.42 bits per heavy atom. The average Bonchev–Trinajstić information content (AvgIpc) is 3.35. The summed E-state index contributed by atoms with van der Waals surface area (Å²) in [5.41, 5.74) is 0.419. The number of nitrogens with zero attached hydrogens (tertiary/aromatic N) is 3. The highest BCUT2D eigenvalue weighted by Crippen LogP contribution is 2.34. The first-order chi connectivity index (χ1) is 11.4. The molecular formula is C20H37N3O. The summed E-state index contributed by atoms with van der Waals surface area (Å²) in [6, 6.07) is 0.399. The Labute approximate surface area is 148 Å². The molecule has 0 spiro atoms. The first kappa shape index (κ1) is 18.2. The number of hydrogen-bond acceptors (Lipinski definition) is 3. The monoisotopic (exact) mass is 335 g/mol. The average molecular weight is 336 g/mol. The van der Waals surface area contributed by atoms with Gasteiger partial charge in [0.15, 0.2) is 0 Å². The molecule has 0 aromatic heterocycles. The largest absolute Gasteiger partial charge is 0.338 e. The van der Waals surface area contributed by atoms with Crippen molar-refractivity contribution in [3.05, 3.63) is 0 Å². The van der Waals surface area contributed by atoms with Crippen molar-refractivity contribution in [1.29, 1.82) is 0 Å². The van der Waals surface area contributed by atoms with E-state index in [4.69, 9.17) is 0 Å². The molecule has 3 fully saturated rings. The van der Waals surface area contributed by atoms with Gasteiger partial charge in [0.1, 0.15) is 0 Å². The van der Waals surface area contributed by atoms with Crippen molar-refractivity contribution < 1.29 is 4.79 Å². The fraction of sp³-hybridized carbons (Fsp3) is 0.950. The van der Waals surface area contributed by atoms with E-state index in [0.717, 1.165) is 32.1 Å². The van der Waals surface area contributed by atoms with Gasteiger partial charge in [-0.25, -0.2) is 0 Å². The fourth-order valence-electron chi connectivity index (χ4n) is 4.42. The van der Waals surface area contributed by atoms with Gasteiger partial charge in [0.25, 0.3) is 0 Å². The number of hydrogen-bond donors (Lipinski definition) is 0. The Bertz CT molecular complexity index is 438. The van der Waals surface area contributed by atoms with E-state index in [1.807, 2.05) is 0 Å². The van der Waals surface area contributed by atoms with E-state index in [1.165, 1.54) is 38.8 Å². The highest BCUT2D eigenvalue weighted by atomic mass is 16.2. The quantitative estimate of drug-likeness (QED) is 0.773. The minimum atomic E-state index is 0.399. The highest BCUT2D eigenvalue weighted by molar-refractivity contribution is 5.77. The molecule has 1 atom stereocenters. The summed E-state index contributed by atoms with van der Waals surface area (Å²) in [5, 5.41) is 0. The maximum absolute atomic E-state index is 12.7. The molecule has 2 aliphatic heterocycles. The second-order valence-corrected chi connectivity index (χ2v) is 9.40. The van der Waals surface area contributed by atoms with Crippen molar-refractivity contribution in [1.82, 2.24) is 14.7 Å². The van der Waals surface area contributed by atoms with Crippen molar-refractivity contribution >= 4 is 5.91 Å². The minimum absolute atomic E-state index is 0.399. The number of rotatable bonds is 5. The molecule has 2 heterocycles. The third kappa shape index (κ3) is 4.51. The zero-order valence-corrected chi connectivity index (χ0v) is 16.3. The lowest BCUT2D eigenvalue weighted by Gasteiger charge is -2.42. The van der Waals surface area contributed by atoms with Crippen LogP contribution in [-0.2, 0) is 4.79 Å². The third-order valence-corrected chi connectivity index (χ3v) is 6.53. The van der Waals surface area contributed by atoms with E-state index in [9.17, 15) is 4.79 Å². The van der Waals surface area contributed by atoms with Gasteiger partial charge in [0, 0.05) is 38.6 Å². The minimum Gasteiger partial charge on any atom is -0.338 e. The molecule has 24 heavy (non-hydrogen) atoms. The normalized spacial score (nSPS) is 30.0. The van der Waals surface area contributed by atoms with Gasteiger partial charge in [-0.15, -0.1) is 0 Å². The van der Waals surface area contributed by atoms with Crippen LogP contribution in [0.3, 0.4) is 0 Å². The van der Waals surface area contributed by atoms with Gasteiger partial charge in [-0.1, -0.05) is 20.8 Å². The van der Waals surface area contributed by atoms with Crippen LogP contribution in [0.15, 0.2) is 0 Å². The van der Waals surface area contributed by atoms with Crippen molar-refractivity contribution in [2.45, 2.75) is 58.9 Å². The molecule has 0 unspecified atom stereocenters. The molecule has 1 aliphatic carbocycles. The van der Waals surface area contributed by atoms with Gasteiger partial charge in [-0.05, 0) is 63.1 Å². The smallest absolute Gasteiger partial charge is 0.224 e. The van der Waals surface area contributed by atoms with Crippen LogP contribution in [0.25, 0.3) is 0 Å². The van der Waals surface area contributed by atoms with Crippen LogP contribution in [0, 0.1) is 17.3 Å². The van der Waals surface area contributed by atoms with Crippen LogP contribution in [0.2, 0.25) is 0 Å². The van der Waals surface area contributed by atoms with E-state index >= 15 is 0 Å². The first-order valence-electron chi connectivity index (χ1n) is 10.1. The second kappa shape index (κ2) is 7.33. The van der Waals surface area contributed by atoms with Crippen LogP contribution in [0.5, 0.6) is 0 Å². The standard InChI is InChI=1S/C20H37N3O/c1-16(2)18-14-22(15-20(3)8-11-21(4)12-9-20)10-7-19(24)23(18)13-17-5-6-17/h16-18H,5-15H2,1-4H3/t18-/m1/s1. The van der Waals surface area contributed by atoms with E-state index in [1.54, 1.807) is 0 Å². The SMILES string of the molecule is CC(C)[C@H]1CN(CC2(C)CCN(C)CC2)CCC(=O)N1CC1CC1. The summed E-state index contributed by atoms with van der Waals surface area (Å²) in [7, 11) is 2.23. The molecule has 0 bridgehead atoms. The molecule has 2 saturated heterocycles. The topological polar surface area (TPSA) is 26.8 Å². The zero-order chi connectivity index (χ0) is 17.3. The van der Waals surface area contributed by atoms with Gasteiger partial charge in [0.2, 0.25) is 5.91 Å². The van der Waals surface area contributed by atoms with Crippen molar-refractivity contribution in [2.24, 2.45) is 17.3 Å². The summed E-state index contributed by atoms with van der Waals surface area (Å²) in [6.07, 6.45) is 5.93. The summed E-state index contributed by atoms with van der Waals surface area (Å²) in [4.78, 5) is 20.1. The predicted molar refractivity (Wildman–Crippen MR) is 99.0 cm³/mol. The van der Waals surface area contributed by atoms with E-state index < -0.39 is 0 Å². The lowest BCUT2D eigenvalue weighted by molar-refractivity contribution is -0.133. The van der Waals surface area contributed by atoms with Crippen LogP contribution in [0.4, 0.5) is 0 Å². The number of carbonyl (C=O) groups excluding carboxylic acids is 1. The highest BCUT2D eigenvalue weighted by Gasteiger charge is 2.38. The first-order valence-corrected chi connectivity index (χ1v) is 10.1. The van der Waals surface area contributed by atoms with Crippen LogP contribution < -0.4 is 0 Å². The lowest BCUT2D eigenvalue weighted by atomic mass is 9.80. The summed E-state index contributed by atoms with van der Waals surface area (Å²) in [5.74, 6) is 1.73. The van der Waals surface area contributed by atoms with Crippen molar-refractivity contribution in [3.8, 4) is 0 Å². The molecule has 0 aromatic carbocycles. The van der Waals surface area contributed by atoms with Crippen LogP contribution >= 0.6 is 0 Å². The Morgan fingerprint density at radius 1 is 1.17 bits per heavy atom. The molecule has 4 nitrogen and oxygen atoms in total. The summed E-state index contributed by atoms with van der Waals surface area (Å²) >= 11 is 0. The Morgan fingerprint density at radius 2 is 1.83 bits per heavy atom. The molecule has 0 aromatic rings. The number of likely N-dealkylation sites (tertiary alicyclic amines) is 1. The Kier molecular flexibility index (Phi) is 5.55. The number of amides is 1. The molecule has 1 amide bonds. The number of carbonyl (C=O) groups is 1. The van der Waals surface area contributed by atoms with E-state index in [2.05, 4.69) is 42.5 Å². The van der Waals surface area contributed by atoms with Gasteiger partial charge in [-0.2, -0.15) is 0 Å². The second-order valence-electron chi connectivity index (χ2n) is 9.40. The summed E-state index contributed by atoms with van der Waals surface area (Å²) in [6.45, 7) is 13.7. The maximum Gasteiger partial charge on any atom is 0.224 e. The molecule has 3 aliphatic rings. The Hall–Kier alpha value is -0.610. The van der Waals surface area contributed by atoms with Crippen LogP contribution in [-0.4, -0.2) is 73.0 Å². The fourth-order valence-corrected chi connectivity index (χ4v) is 4.42. The molecule has 4 heteroatoms. The molecular weight excluding hydrogens is 298 g/mol. The van der Waals surface area contributed by atoms with E-state index in [0.29, 0.717) is 29.7 Å². The van der Waals surface area contributed by atoms with Crippen molar-refractivity contribution in [2.75, 3.05) is 46.3 Å². The molecule has 3 rings (SSSR count). The maximum atomic E-state index is 12.7. The van der Waals surface area contributed by atoms with Gasteiger partial charge >= 0.3 is 0 Å². The number of piperidine rings is 1. The lowest BCUT2D eigenvalue weighted by Crippen LogP contribution is -2.49. The zero-order valence-electron chi connectivity index (χ0n) is 16.3.